The summed E-state index contributed by atoms with van der Waals surface area (Å²) in [6.45, 7) is 0. The van der Waals surface area contributed by atoms with Crippen LogP contribution < -0.4 is 15.7 Å². The maximum atomic E-state index is 13.6. The van der Waals surface area contributed by atoms with E-state index in [1.807, 2.05) is 0 Å². The van der Waals surface area contributed by atoms with Crippen molar-refractivity contribution in [2.24, 2.45) is 7.05 Å². The zero-order chi connectivity index (χ0) is 27.8. The summed E-state index contributed by atoms with van der Waals surface area (Å²) in [6, 6.07) is 15.8. The van der Waals surface area contributed by atoms with Gasteiger partial charge in [0.25, 0.3) is 5.56 Å². The van der Waals surface area contributed by atoms with Gasteiger partial charge in [-0.15, -0.1) is 0 Å². The number of benzene rings is 3. The third-order valence-electron chi connectivity index (χ3n) is 6.92. The minimum atomic E-state index is -0.992. The van der Waals surface area contributed by atoms with E-state index in [9.17, 15) is 24.6 Å². The lowest BCUT2D eigenvalue weighted by Gasteiger charge is -2.20. The van der Waals surface area contributed by atoms with Crippen molar-refractivity contribution in [2.75, 3.05) is 14.2 Å². The molecule has 9 heteroatoms. The van der Waals surface area contributed by atoms with Gasteiger partial charge in [0.2, 0.25) is 5.43 Å². The Bertz CT molecular complexity index is 1850. The number of rotatable bonds is 6. The number of hydrogen-bond donors (Lipinski definition) is 2. The first-order valence-electron chi connectivity index (χ1n) is 12.0. The molecule has 0 saturated carbocycles. The maximum Gasteiger partial charge on any atom is 0.306 e. The standard InChI is InChI=1S/C30H25NO8/c1-31-24-13-19(37-2)9-6-17(24)12-22(30(31)36)21(14-26(34)38-3)27-25(33)11-10-20-28(35)23(15-39-29(20)27)16-4-7-18(32)8-5-16/h4-13,15,21,32-33H,14H2,1-3H3. The fourth-order valence-corrected chi connectivity index (χ4v) is 4.85. The molecule has 0 aliphatic rings. The predicted molar refractivity (Wildman–Crippen MR) is 145 cm³/mol. The Morgan fingerprint density at radius 2 is 1.74 bits per heavy atom. The summed E-state index contributed by atoms with van der Waals surface area (Å²) in [4.78, 5) is 39.7. The number of carbonyl (C=O) groups is 1. The molecule has 1 atom stereocenters. The molecule has 5 rings (SSSR count). The fraction of sp³-hybridized carbons (Fsp3) is 0.167. The molecule has 0 spiro atoms. The number of aromatic nitrogens is 1. The third kappa shape index (κ3) is 4.48. The summed E-state index contributed by atoms with van der Waals surface area (Å²) < 4.78 is 17.6. The lowest BCUT2D eigenvalue weighted by Crippen LogP contribution is -2.25. The van der Waals surface area contributed by atoms with Gasteiger partial charge in [-0.2, -0.15) is 0 Å². The lowest BCUT2D eigenvalue weighted by molar-refractivity contribution is -0.140. The van der Waals surface area contributed by atoms with Crippen molar-refractivity contribution in [1.29, 1.82) is 0 Å². The molecule has 0 radical (unpaired) electrons. The number of carbonyl (C=O) groups excluding carboxylic acids is 1. The van der Waals surface area contributed by atoms with Crippen molar-refractivity contribution in [3.05, 3.63) is 98.6 Å². The summed E-state index contributed by atoms with van der Waals surface area (Å²) in [5.74, 6) is -1.22. The Labute approximate surface area is 222 Å². The van der Waals surface area contributed by atoms with Crippen LogP contribution >= 0.6 is 0 Å². The first-order valence-corrected chi connectivity index (χ1v) is 12.0. The molecule has 0 saturated heterocycles. The molecular weight excluding hydrogens is 502 g/mol. The number of aromatic hydroxyl groups is 2. The Morgan fingerprint density at radius 1 is 1.00 bits per heavy atom. The third-order valence-corrected chi connectivity index (χ3v) is 6.92. The van der Waals surface area contributed by atoms with Crippen LogP contribution in [0.25, 0.3) is 33.0 Å². The van der Waals surface area contributed by atoms with Gasteiger partial charge in [0.05, 0.1) is 37.1 Å². The molecule has 0 fully saturated rings. The van der Waals surface area contributed by atoms with Gasteiger partial charge in [-0.3, -0.25) is 14.4 Å². The second-order valence-electron chi connectivity index (χ2n) is 9.12. The molecule has 9 nitrogen and oxygen atoms in total. The molecule has 0 bridgehead atoms. The van der Waals surface area contributed by atoms with Crippen LogP contribution in [0.3, 0.4) is 0 Å². The van der Waals surface area contributed by atoms with Crippen molar-refractivity contribution in [2.45, 2.75) is 12.3 Å². The normalized spacial score (nSPS) is 12.0. The largest absolute Gasteiger partial charge is 0.508 e. The van der Waals surface area contributed by atoms with E-state index >= 15 is 0 Å². The zero-order valence-electron chi connectivity index (χ0n) is 21.4. The first kappa shape index (κ1) is 25.6. The van der Waals surface area contributed by atoms with Crippen LogP contribution in [0, 0.1) is 0 Å². The Morgan fingerprint density at radius 3 is 2.44 bits per heavy atom. The topological polar surface area (TPSA) is 128 Å². The molecule has 39 heavy (non-hydrogen) atoms. The smallest absolute Gasteiger partial charge is 0.306 e. The predicted octanol–water partition coefficient (Wildman–Crippen LogP) is 4.43. The number of pyridine rings is 1. The molecule has 2 N–H and O–H groups in total. The summed E-state index contributed by atoms with van der Waals surface area (Å²) in [5.41, 5.74) is 1.01. The minimum Gasteiger partial charge on any atom is -0.508 e. The monoisotopic (exact) mass is 527 g/mol. The van der Waals surface area contributed by atoms with E-state index in [4.69, 9.17) is 13.9 Å². The highest BCUT2D eigenvalue weighted by atomic mass is 16.5. The van der Waals surface area contributed by atoms with Gasteiger partial charge >= 0.3 is 5.97 Å². The molecular formula is C30H25NO8. The van der Waals surface area contributed by atoms with Crippen molar-refractivity contribution in [3.63, 3.8) is 0 Å². The average Bonchev–Trinajstić information content (AvgIpc) is 2.94. The fourth-order valence-electron chi connectivity index (χ4n) is 4.85. The molecule has 1 unspecified atom stereocenters. The van der Waals surface area contributed by atoms with Crippen LogP contribution in [0.5, 0.6) is 17.2 Å². The molecule has 2 aromatic heterocycles. The van der Waals surface area contributed by atoms with Crippen molar-refractivity contribution in [1.82, 2.24) is 4.57 Å². The van der Waals surface area contributed by atoms with E-state index in [0.717, 1.165) is 0 Å². The van der Waals surface area contributed by atoms with E-state index in [1.54, 1.807) is 43.4 Å². The van der Waals surface area contributed by atoms with Gasteiger partial charge in [-0.05, 0) is 53.4 Å². The number of methoxy groups -OCH3 is 2. The lowest BCUT2D eigenvalue weighted by atomic mass is 9.86. The van der Waals surface area contributed by atoms with Gasteiger partial charge < -0.3 is 28.7 Å². The first-order chi connectivity index (χ1) is 18.7. The number of phenolic OH excluding ortho intramolecular Hbond substituents is 2. The van der Waals surface area contributed by atoms with Gasteiger partial charge in [0.15, 0.2) is 0 Å². The average molecular weight is 528 g/mol. The van der Waals surface area contributed by atoms with Gasteiger partial charge in [-0.25, -0.2) is 0 Å². The van der Waals surface area contributed by atoms with Gasteiger partial charge in [0.1, 0.15) is 29.1 Å². The SMILES string of the molecule is COC(=O)CC(c1cc2ccc(OC)cc2n(C)c1=O)c1c(O)ccc2c(=O)c(-c3ccc(O)cc3)coc12. The number of fused-ring (bicyclic) bond motifs is 2. The second-order valence-corrected chi connectivity index (χ2v) is 9.12. The molecule has 0 amide bonds. The summed E-state index contributed by atoms with van der Waals surface area (Å²) in [7, 11) is 4.37. The van der Waals surface area contributed by atoms with E-state index in [-0.39, 0.29) is 51.0 Å². The van der Waals surface area contributed by atoms with Crippen LogP contribution in [-0.2, 0) is 16.6 Å². The highest BCUT2D eigenvalue weighted by Gasteiger charge is 2.29. The van der Waals surface area contributed by atoms with Crippen molar-refractivity contribution >= 4 is 27.8 Å². The van der Waals surface area contributed by atoms with E-state index < -0.39 is 17.4 Å². The van der Waals surface area contributed by atoms with E-state index in [1.165, 1.54) is 49.3 Å². The minimum absolute atomic E-state index is 0.0494. The molecule has 0 aliphatic carbocycles. The maximum absolute atomic E-state index is 13.6. The van der Waals surface area contributed by atoms with E-state index in [0.29, 0.717) is 22.2 Å². The van der Waals surface area contributed by atoms with Gasteiger partial charge in [-0.1, -0.05) is 12.1 Å². The number of phenols is 2. The summed E-state index contributed by atoms with van der Waals surface area (Å²) >= 11 is 0. The van der Waals surface area contributed by atoms with Crippen molar-refractivity contribution < 1.29 is 28.9 Å². The Balaban J connectivity index is 1.77. The highest BCUT2D eigenvalue weighted by Crippen LogP contribution is 2.39. The quantitative estimate of drug-likeness (QED) is 0.311. The zero-order valence-corrected chi connectivity index (χ0v) is 21.4. The van der Waals surface area contributed by atoms with Crippen LogP contribution in [0.15, 0.2) is 80.9 Å². The highest BCUT2D eigenvalue weighted by molar-refractivity contribution is 5.88. The summed E-state index contributed by atoms with van der Waals surface area (Å²) in [5, 5.41) is 21.5. The number of esters is 1. The van der Waals surface area contributed by atoms with Gasteiger partial charge in [0, 0.05) is 30.2 Å². The van der Waals surface area contributed by atoms with Crippen molar-refractivity contribution in [3.8, 4) is 28.4 Å². The Hall–Kier alpha value is -5.05. The van der Waals surface area contributed by atoms with Crippen LogP contribution in [0.4, 0.5) is 0 Å². The molecule has 2 heterocycles. The number of aryl methyl sites for hydroxylation is 1. The number of hydrogen-bond acceptors (Lipinski definition) is 8. The van der Waals surface area contributed by atoms with Crippen LogP contribution in [0.2, 0.25) is 0 Å². The number of ether oxygens (including phenoxy) is 2. The Kier molecular flexibility index (Phi) is 6.57. The second kappa shape index (κ2) is 10.0. The molecule has 3 aromatic carbocycles. The van der Waals surface area contributed by atoms with Crippen LogP contribution in [-0.4, -0.2) is 35.0 Å². The molecule has 5 aromatic rings. The number of nitrogens with zero attached hydrogens (tertiary/aromatic N) is 1. The molecule has 198 valence electrons. The van der Waals surface area contributed by atoms with E-state index in [2.05, 4.69) is 0 Å². The summed E-state index contributed by atoms with van der Waals surface area (Å²) in [6.07, 6.45) is 0.976. The van der Waals surface area contributed by atoms with Crippen LogP contribution in [0.1, 0.15) is 23.5 Å². The molecule has 0 aliphatic heterocycles.